The molecule has 5 heterocycles. The van der Waals surface area contributed by atoms with Gasteiger partial charge < -0.3 is 19.7 Å². The van der Waals surface area contributed by atoms with Crippen molar-refractivity contribution in [3.63, 3.8) is 0 Å². The van der Waals surface area contributed by atoms with Crippen LogP contribution in [0.4, 0.5) is 5.95 Å². The lowest BCUT2D eigenvalue weighted by molar-refractivity contribution is -0.123. The third kappa shape index (κ3) is 3.62. The molecule has 4 fully saturated rings. The summed E-state index contributed by atoms with van der Waals surface area (Å²) in [5.74, 6) is 1.71. The van der Waals surface area contributed by atoms with Gasteiger partial charge in [0.15, 0.2) is 0 Å². The number of nitrogens with one attached hydrogen (secondary N) is 1. The summed E-state index contributed by atoms with van der Waals surface area (Å²) in [5.41, 5.74) is 1.07. The van der Waals surface area contributed by atoms with Crippen LogP contribution in [0.25, 0.3) is 0 Å². The molecule has 8 heteroatoms. The Labute approximate surface area is 172 Å². The highest BCUT2D eigenvalue weighted by atomic mass is 16.5. The highest BCUT2D eigenvalue weighted by molar-refractivity contribution is 5.78. The summed E-state index contributed by atoms with van der Waals surface area (Å²) in [6.45, 7) is 8.14. The number of carbonyl (C=O) groups is 1. The molecule has 0 aromatic carbocycles. The van der Waals surface area contributed by atoms with Crippen molar-refractivity contribution < 1.29 is 14.3 Å². The van der Waals surface area contributed by atoms with E-state index in [1.54, 1.807) is 0 Å². The molecular formula is C21H31N5O3. The number of amides is 1. The van der Waals surface area contributed by atoms with Crippen LogP contribution >= 0.6 is 0 Å². The Morgan fingerprint density at radius 3 is 2.86 bits per heavy atom. The molecule has 0 aliphatic carbocycles. The van der Waals surface area contributed by atoms with Gasteiger partial charge in [0, 0.05) is 50.4 Å². The van der Waals surface area contributed by atoms with Crippen molar-refractivity contribution in [2.75, 3.05) is 57.4 Å². The maximum atomic E-state index is 12.4. The van der Waals surface area contributed by atoms with Crippen molar-refractivity contribution in [3.8, 4) is 0 Å². The summed E-state index contributed by atoms with van der Waals surface area (Å²) in [7, 11) is 0. The topological polar surface area (TPSA) is 79.8 Å². The van der Waals surface area contributed by atoms with E-state index in [-0.39, 0.29) is 17.6 Å². The van der Waals surface area contributed by atoms with Gasteiger partial charge in [0.1, 0.15) is 0 Å². The van der Waals surface area contributed by atoms with Crippen LogP contribution in [0.5, 0.6) is 0 Å². The fraction of sp³-hybridized carbons (Fsp3) is 0.762. The molecule has 1 N–H and O–H groups in total. The predicted octanol–water partition coefficient (Wildman–Crippen LogP) is 0.471. The first-order valence-corrected chi connectivity index (χ1v) is 11.0. The van der Waals surface area contributed by atoms with Crippen LogP contribution in [-0.4, -0.2) is 85.0 Å². The van der Waals surface area contributed by atoms with Crippen molar-refractivity contribution in [2.45, 2.75) is 37.9 Å². The summed E-state index contributed by atoms with van der Waals surface area (Å²) in [5, 5.41) is 3.18. The van der Waals surface area contributed by atoms with E-state index in [1.165, 1.54) is 0 Å². The van der Waals surface area contributed by atoms with Gasteiger partial charge in [-0.3, -0.25) is 9.69 Å². The first-order chi connectivity index (χ1) is 14.2. The summed E-state index contributed by atoms with van der Waals surface area (Å²) in [6.07, 6.45) is 7.26. The molecule has 1 aromatic heterocycles. The molecule has 1 spiro atoms. The third-order valence-corrected chi connectivity index (χ3v) is 7.17. The molecule has 158 valence electrons. The van der Waals surface area contributed by atoms with Gasteiger partial charge in [-0.05, 0) is 24.8 Å². The van der Waals surface area contributed by atoms with Gasteiger partial charge in [-0.1, -0.05) is 6.92 Å². The van der Waals surface area contributed by atoms with Crippen LogP contribution in [0.3, 0.4) is 0 Å². The predicted molar refractivity (Wildman–Crippen MR) is 108 cm³/mol. The number of hydrogen-bond acceptors (Lipinski definition) is 7. The van der Waals surface area contributed by atoms with Gasteiger partial charge in [-0.2, -0.15) is 0 Å². The third-order valence-electron chi connectivity index (χ3n) is 7.17. The van der Waals surface area contributed by atoms with Crippen molar-refractivity contribution in [1.82, 2.24) is 20.2 Å². The van der Waals surface area contributed by atoms with Gasteiger partial charge in [0.25, 0.3) is 0 Å². The van der Waals surface area contributed by atoms with Crippen molar-refractivity contribution >= 4 is 11.9 Å². The maximum Gasteiger partial charge on any atom is 0.234 e. The number of carbonyl (C=O) groups excluding carboxylic acids is 1. The molecule has 4 aliphatic heterocycles. The van der Waals surface area contributed by atoms with E-state index in [2.05, 4.69) is 32.0 Å². The monoisotopic (exact) mass is 401 g/mol. The molecule has 1 amide bonds. The molecule has 4 atom stereocenters. The minimum atomic E-state index is -0.0863. The molecule has 0 radical (unpaired) electrons. The average molecular weight is 402 g/mol. The summed E-state index contributed by atoms with van der Waals surface area (Å²) < 4.78 is 11.9. The zero-order chi connectivity index (χ0) is 19.8. The zero-order valence-corrected chi connectivity index (χ0v) is 17.2. The number of aryl methyl sites for hydroxylation is 1. The standard InChI is InChI=1S/C21H31N5O3/c1-2-15-9-23-20(24-10-15)26-12-17-16(18-3-4-21(17,14-26)29-18)11-22-19(27)13-25-5-7-28-8-6-25/h9-10,16-18H,2-8,11-14H2,1H3,(H,22,27)/t16-,17+,18+,21+/m0/s1. The smallest absolute Gasteiger partial charge is 0.234 e. The summed E-state index contributed by atoms with van der Waals surface area (Å²) in [4.78, 5) is 26.0. The van der Waals surface area contributed by atoms with Gasteiger partial charge in [0.05, 0.1) is 38.0 Å². The van der Waals surface area contributed by atoms with Crippen LogP contribution in [0.1, 0.15) is 25.3 Å². The highest BCUT2D eigenvalue weighted by Gasteiger charge is 2.63. The summed E-state index contributed by atoms with van der Waals surface area (Å²) in [6, 6.07) is 0. The molecule has 0 unspecified atom stereocenters. The van der Waals surface area contributed by atoms with Crippen molar-refractivity contribution in [2.24, 2.45) is 11.8 Å². The first kappa shape index (κ1) is 19.2. The quantitative estimate of drug-likeness (QED) is 0.742. The molecule has 2 bridgehead atoms. The van der Waals surface area contributed by atoms with E-state index in [0.29, 0.717) is 38.1 Å². The minimum absolute atomic E-state index is 0.0863. The Hall–Kier alpha value is -1.77. The van der Waals surface area contributed by atoms with E-state index in [0.717, 1.165) is 57.0 Å². The first-order valence-electron chi connectivity index (χ1n) is 11.0. The number of morpholine rings is 1. The number of fused-ring (bicyclic) bond motifs is 1. The Bertz CT molecular complexity index is 738. The van der Waals surface area contributed by atoms with E-state index in [4.69, 9.17) is 9.47 Å². The van der Waals surface area contributed by atoms with Crippen LogP contribution < -0.4 is 10.2 Å². The van der Waals surface area contributed by atoms with E-state index in [1.807, 2.05) is 12.4 Å². The Kier molecular flexibility index (Phi) is 5.17. The number of nitrogens with zero attached hydrogens (tertiary/aromatic N) is 4. The van der Waals surface area contributed by atoms with Crippen molar-refractivity contribution in [1.29, 1.82) is 0 Å². The number of ether oxygens (including phenoxy) is 2. The van der Waals surface area contributed by atoms with Gasteiger partial charge in [0.2, 0.25) is 11.9 Å². The Morgan fingerprint density at radius 2 is 2.10 bits per heavy atom. The van der Waals surface area contributed by atoms with E-state index < -0.39 is 0 Å². The van der Waals surface area contributed by atoms with E-state index in [9.17, 15) is 4.79 Å². The lowest BCUT2D eigenvalue weighted by atomic mass is 9.73. The van der Waals surface area contributed by atoms with Crippen molar-refractivity contribution in [3.05, 3.63) is 18.0 Å². The van der Waals surface area contributed by atoms with Gasteiger partial charge in [-0.25, -0.2) is 9.97 Å². The molecule has 4 saturated heterocycles. The molecular weight excluding hydrogens is 370 g/mol. The maximum absolute atomic E-state index is 12.4. The highest BCUT2D eigenvalue weighted by Crippen LogP contribution is 2.54. The normalized spacial score (nSPS) is 33.8. The number of hydrogen-bond donors (Lipinski definition) is 1. The largest absolute Gasteiger partial charge is 0.379 e. The molecule has 8 nitrogen and oxygen atoms in total. The van der Waals surface area contributed by atoms with Crippen LogP contribution in [-0.2, 0) is 20.7 Å². The molecule has 29 heavy (non-hydrogen) atoms. The van der Waals surface area contributed by atoms with Crippen LogP contribution in [0.2, 0.25) is 0 Å². The summed E-state index contributed by atoms with van der Waals surface area (Å²) >= 11 is 0. The van der Waals surface area contributed by atoms with Gasteiger partial charge >= 0.3 is 0 Å². The second-order valence-electron chi connectivity index (χ2n) is 8.85. The molecule has 0 saturated carbocycles. The minimum Gasteiger partial charge on any atom is -0.379 e. The molecule has 4 aliphatic rings. The number of aromatic nitrogens is 2. The van der Waals surface area contributed by atoms with Gasteiger partial charge in [-0.15, -0.1) is 0 Å². The SMILES string of the molecule is CCc1cnc(N2C[C@@H]3[C@H](CNC(=O)CN4CCOCC4)[C@H]4CC[C@]3(C2)O4)nc1. The fourth-order valence-electron chi connectivity index (χ4n) is 5.56. The number of rotatable bonds is 6. The zero-order valence-electron chi connectivity index (χ0n) is 17.2. The fourth-order valence-corrected chi connectivity index (χ4v) is 5.56. The molecule has 5 rings (SSSR count). The van der Waals surface area contributed by atoms with Crippen LogP contribution in [0.15, 0.2) is 12.4 Å². The van der Waals surface area contributed by atoms with Crippen LogP contribution in [0, 0.1) is 11.8 Å². The van der Waals surface area contributed by atoms with E-state index >= 15 is 0 Å². The second-order valence-corrected chi connectivity index (χ2v) is 8.85. The number of anilines is 1. The Morgan fingerprint density at radius 1 is 1.31 bits per heavy atom. The lowest BCUT2D eigenvalue weighted by Crippen LogP contribution is -2.46. The molecule has 1 aromatic rings. The Balaban J connectivity index is 1.20. The second kappa shape index (κ2) is 7.81. The average Bonchev–Trinajstić information content (AvgIpc) is 3.42. The lowest BCUT2D eigenvalue weighted by Gasteiger charge is -2.30.